The zero-order chi connectivity index (χ0) is 20.7. The van der Waals surface area contributed by atoms with Crippen LogP contribution in [0.25, 0.3) is 0 Å². The molecule has 0 aromatic heterocycles. The first kappa shape index (κ1) is 22.9. The molecule has 1 amide bonds. The van der Waals surface area contributed by atoms with E-state index in [1.54, 1.807) is 0 Å². The van der Waals surface area contributed by atoms with Crippen LogP contribution in [0.1, 0.15) is 19.3 Å². The van der Waals surface area contributed by atoms with E-state index in [-0.39, 0.29) is 5.91 Å². The van der Waals surface area contributed by atoms with Gasteiger partial charge in [-0.1, -0.05) is 0 Å². The summed E-state index contributed by atoms with van der Waals surface area (Å²) in [6.45, 7) is 6.34. The topological polar surface area (TPSA) is 88.1 Å². The van der Waals surface area contributed by atoms with Crippen LogP contribution in [-0.4, -0.2) is 81.2 Å². The van der Waals surface area contributed by atoms with Gasteiger partial charge in [0.1, 0.15) is 0 Å². The quantitative estimate of drug-likeness (QED) is 0.728. The minimum Gasteiger partial charge on any atom is -0.475 e. The van der Waals surface area contributed by atoms with Crippen molar-refractivity contribution in [3.05, 3.63) is 0 Å². The smallest absolute Gasteiger partial charge is 0.475 e. The van der Waals surface area contributed by atoms with Crippen molar-refractivity contribution in [2.45, 2.75) is 25.4 Å². The highest BCUT2D eigenvalue weighted by Gasteiger charge is 2.40. The van der Waals surface area contributed by atoms with Crippen molar-refractivity contribution in [2.75, 3.05) is 53.1 Å². The average molecular weight is 410 g/mol. The van der Waals surface area contributed by atoms with Crippen LogP contribution in [0.3, 0.4) is 0 Å². The molecule has 162 valence electrons. The Bertz CT molecular complexity index is 526. The number of rotatable bonds is 4. The summed E-state index contributed by atoms with van der Waals surface area (Å²) in [5.74, 6) is -0.313. The molecule has 0 saturated carbocycles. The predicted molar refractivity (Wildman–Crippen MR) is 93.6 cm³/mol. The summed E-state index contributed by atoms with van der Waals surface area (Å²) in [4.78, 5) is 23.5. The van der Waals surface area contributed by atoms with Crippen molar-refractivity contribution in [1.82, 2.24) is 10.2 Å². The molecule has 0 unspecified atom stereocenters. The highest BCUT2D eigenvalue weighted by molar-refractivity contribution is 5.76. The molecule has 3 saturated heterocycles. The molecule has 28 heavy (non-hydrogen) atoms. The molecule has 0 bridgehead atoms. The van der Waals surface area contributed by atoms with Gasteiger partial charge < -0.3 is 24.8 Å². The van der Waals surface area contributed by atoms with E-state index in [2.05, 4.69) is 17.3 Å². The Morgan fingerprint density at radius 3 is 2.39 bits per heavy atom. The Hall–Kier alpha value is -1.39. The molecular weight excluding hydrogens is 381 g/mol. The summed E-state index contributed by atoms with van der Waals surface area (Å²) in [6, 6.07) is 0. The van der Waals surface area contributed by atoms with Gasteiger partial charge in [-0.15, -0.1) is 0 Å². The molecule has 3 aliphatic rings. The van der Waals surface area contributed by atoms with Crippen LogP contribution in [-0.2, 0) is 19.1 Å². The van der Waals surface area contributed by atoms with Crippen LogP contribution in [0.2, 0.25) is 0 Å². The lowest BCUT2D eigenvalue weighted by molar-refractivity contribution is -0.192. The summed E-state index contributed by atoms with van der Waals surface area (Å²) in [6.07, 6.45) is -2.32. The van der Waals surface area contributed by atoms with Crippen molar-refractivity contribution >= 4 is 11.9 Å². The first-order valence-electron chi connectivity index (χ1n) is 9.57. The van der Waals surface area contributed by atoms with E-state index in [9.17, 15) is 18.0 Å². The SMILES string of the molecule is CN1C[C@@H]2COC[C@@H](CC(=O)NCC3CCOCC3)[C@@H]2C1.O=C(O)C(F)(F)F. The Balaban J connectivity index is 0.000000345. The van der Waals surface area contributed by atoms with E-state index < -0.39 is 12.1 Å². The van der Waals surface area contributed by atoms with E-state index in [1.807, 2.05) is 0 Å². The molecule has 3 aliphatic heterocycles. The zero-order valence-electron chi connectivity index (χ0n) is 16.0. The van der Waals surface area contributed by atoms with Gasteiger partial charge in [-0.3, -0.25) is 4.79 Å². The summed E-state index contributed by atoms with van der Waals surface area (Å²) in [5, 5.41) is 10.3. The third-order valence-electron chi connectivity index (χ3n) is 5.56. The highest BCUT2D eigenvalue weighted by atomic mass is 19.4. The maximum absolute atomic E-state index is 12.2. The van der Waals surface area contributed by atoms with Crippen LogP contribution < -0.4 is 5.32 Å². The summed E-state index contributed by atoms with van der Waals surface area (Å²) >= 11 is 0. The third kappa shape index (κ3) is 7.21. The van der Waals surface area contributed by atoms with E-state index in [0.717, 1.165) is 58.9 Å². The van der Waals surface area contributed by atoms with Crippen LogP contribution in [0.15, 0.2) is 0 Å². The molecule has 0 aromatic carbocycles. The number of nitrogens with zero attached hydrogens (tertiary/aromatic N) is 1. The van der Waals surface area contributed by atoms with Gasteiger partial charge in [-0.2, -0.15) is 13.2 Å². The van der Waals surface area contributed by atoms with E-state index in [1.165, 1.54) is 0 Å². The van der Waals surface area contributed by atoms with Crippen molar-refractivity contribution in [1.29, 1.82) is 0 Å². The van der Waals surface area contributed by atoms with Crippen molar-refractivity contribution in [3.63, 3.8) is 0 Å². The second kappa shape index (κ2) is 10.4. The fourth-order valence-electron chi connectivity index (χ4n) is 4.05. The Labute approximate surface area is 162 Å². The molecule has 7 nitrogen and oxygen atoms in total. The van der Waals surface area contributed by atoms with Crippen molar-refractivity contribution < 1.29 is 37.3 Å². The number of carbonyl (C=O) groups is 2. The number of likely N-dealkylation sites (tertiary alicyclic amines) is 1. The third-order valence-corrected chi connectivity index (χ3v) is 5.56. The monoisotopic (exact) mass is 410 g/mol. The Morgan fingerprint density at radius 1 is 1.14 bits per heavy atom. The zero-order valence-corrected chi connectivity index (χ0v) is 16.0. The number of carboxylic acids is 1. The lowest BCUT2D eigenvalue weighted by Crippen LogP contribution is -2.39. The molecule has 0 spiro atoms. The number of fused-ring (bicyclic) bond motifs is 1. The molecular formula is C18H29F3N2O5. The largest absolute Gasteiger partial charge is 0.490 e. The van der Waals surface area contributed by atoms with Gasteiger partial charge in [0.05, 0.1) is 13.2 Å². The van der Waals surface area contributed by atoms with Crippen LogP contribution in [0.5, 0.6) is 0 Å². The van der Waals surface area contributed by atoms with Gasteiger partial charge >= 0.3 is 12.1 Å². The highest BCUT2D eigenvalue weighted by Crippen LogP contribution is 2.35. The molecule has 3 atom stereocenters. The molecule has 0 aliphatic carbocycles. The minimum absolute atomic E-state index is 0.199. The number of carboxylic acid groups (broad SMARTS) is 1. The summed E-state index contributed by atoms with van der Waals surface area (Å²) in [7, 11) is 2.17. The Kier molecular flexibility index (Phi) is 8.51. The maximum atomic E-state index is 12.2. The first-order chi connectivity index (χ1) is 13.2. The van der Waals surface area contributed by atoms with E-state index in [0.29, 0.717) is 30.1 Å². The van der Waals surface area contributed by atoms with Gasteiger partial charge in [0.2, 0.25) is 5.91 Å². The maximum Gasteiger partial charge on any atom is 0.490 e. The number of alkyl halides is 3. The molecule has 3 fully saturated rings. The fourth-order valence-corrected chi connectivity index (χ4v) is 4.05. The number of amides is 1. The molecule has 0 aromatic rings. The van der Waals surface area contributed by atoms with Crippen molar-refractivity contribution in [2.24, 2.45) is 23.7 Å². The van der Waals surface area contributed by atoms with Crippen LogP contribution in [0.4, 0.5) is 13.2 Å². The molecule has 3 rings (SSSR count). The number of nitrogens with one attached hydrogen (secondary N) is 1. The van der Waals surface area contributed by atoms with Gasteiger partial charge in [0, 0.05) is 39.3 Å². The number of hydrogen-bond acceptors (Lipinski definition) is 5. The normalized spacial score (nSPS) is 28.8. The number of aliphatic carboxylic acids is 1. The van der Waals surface area contributed by atoms with E-state index >= 15 is 0 Å². The first-order valence-corrected chi connectivity index (χ1v) is 9.57. The van der Waals surface area contributed by atoms with Crippen LogP contribution >= 0.6 is 0 Å². The summed E-state index contributed by atoms with van der Waals surface area (Å²) in [5.41, 5.74) is 0. The minimum atomic E-state index is -5.08. The predicted octanol–water partition coefficient (Wildman–Crippen LogP) is 1.38. The second-order valence-corrected chi connectivity index (χ2v) is 7.81. The summed E-state index contributed by atoms with van der Waals surface area (Å²) < 4.78 is 42.8. The van der Waals surface area contributed by atoms with Crippen LogP contribution in [0, 0.1) is 23.7 Å². The Morgan fingerprint density at radius 2 is 1.79 bits per heavy atom. The lowest BCUT2D eigenvalue weighted by atomic mass is 9.81. The molecule has 10 heteroatoms. The second-order valence-electron chi connectivity index (χ2n) is 7.81. The fraction of sp³-hybridized carbons (Fsp3) is 0.889. The number of halogens is 3. The molecule has 0 radical (unpaired) electrons. The van der Waals surface area contributed by atoms with E-state index in [4.69, 9.17) is 19.4 Å². The number of carbonyl (C=O) groups excluding carboxylic acids is 1. The average Bonchev–Trinajstić information content (AvgIpc) is 3.02. The van der Waals surface area contributed by atoms with Gasteiger partial charge in [0.15, 0.2) is 0 Å². The standard InChI is InChI=1S/C16H28N2O3.C2HF3O2/c1-18-8-14-11-21-10-13(15(14)9-18)6-16(19)17-7-12-2-4-20-5-3-12;3-2(4,5)1(6)7/h12-15H,2-11H2,1H3,(H,17,19);(H,6,7)/t13-,14-,15+;/m1./s1. The van der Waals surface area contributed by atoms with Gasteiger partial charge in [-0.25, -0.2) is 4.79 Å². The number of ether oxygens (including phenoxy) is 2. The lowest BCUT2D eigenvalue weighted by Gasteiger charge is -2.32. The van der Waals surface area contributed by atoms with Gasteiger partial charge in [-0.05, 0) is 43.6 Å². The van der Waals surface area contributed by atoms with Crippen molar-refractivity contribution in [3.8, 4) is 0 Å². The van der Waals surface area contributed by atoms with Gasteiger partial charge in [0.25, 0.3) is 0 Å². The number of hydrogen-bond donors (Lipinski definition) is 2. The molecule has 2 N–H and O–H groups in total. The molecule has 3 heterocycles.